The topological polar surface area (TPSA) is 46.3 Å². The predicted octanol–water partition coefficient (Wildman–Crippen LogP) is 2.15. The summed E-state index contributed by atoms with van der Waals surface area (Å²) in [6, 6.07) is 4.23. The van der Waals surface area contributed by atoms with Gasteiger partial charge in [0.15, 0.2) is 0 Å². The Labute approximate surface area is 143 Å². The minimum absolute atomic E-state index is 0.132. The molecule has 0 unspecified atom stereocenters. The Bertz CT molecular complexity index is 687. The van der Waals surface area contributed by atoms with Gasteiger partial charge in [0.2, 0.25) is 0 Å². The number of aromatic nitrogens is 3. The molecule has 0 N–H and O–H groups in total. The zero-order valence-electron chi connectivity index (χ0n) is 14.9. The van der Waals surface area contributed by atoms with Crippen LogP contribution in [-0.4, -0.2) is 56.0 Å². The van der Waals surface area contributed by atoms with E-state index in [2.05, 4.69) is 28.3 Å². The summed E-state index contributed by atoms with van der Waals surface area (Å²) in [7, 11) is 1.92. The van der Waals surface area contributed by atoms with Crippen molar-refractivity contribution in [3.05, 3.63) is 42.2 Å². The number of amides is 1. The zero-order valence-corrected chi connectivity index (χ0v) is 14.9. The monoisotopic (exact) mass is 329 g/mol. The lowest BCUT2D eigenvalue weighted by atomic mass is 10.3. The molecule has 0 bridgehead atoms. The number of nitrogens with zero attached hydrogens (tertiary/aromatic N) is 5. The third-order valence-electron chi connectivity index (χ3n) is 4.71. The Morgan fingerprint density at radius 1 is 1.21 bits per heavy atom. The van der Waals surface area contributed by atoms with Gasteiger partial charge in [-0.15, -0.1) is 0 Å². The summed E-state index contributed by atoms with van der Waals surface area (Å²) in [4.78, 5) is 21.6. The summed E-state index contributed by atoms with van der Waals surface area (Å²) >= 11 is 0. The average Bonchev–Trinajstić information content (AvgIpc) is 3.11. The molecular formula is C18H27N5O. The lowest BCUT2D eigenvalue weighted by molar-refractivity contribution is 0.0751. The fourth-order valence-corrected chi connectivity index (χ4v) is 3.31. The van der Waals surface area contributed by atoms with Crippen LogP contribution in [0.5, 0.6) is 0 Å². The highest BCUT2D eigenvalue weighted by atomic mass is 16.2. The molecule has 1 aliphatic rings. The van der Waals surface area contributed by atoms with Gasteiger partial charge in [0.25, 0.3) is 5.91 Å². The van der Waals surface area contributed by atoms with Crippen molar-refractivity contribution in [3.8, 4) is 0 Å². The van der Waals surface area contributed by atoms with Crippen molar-refractivity contribution in [2.24, 2.45) is 7.05 Å². The van der Waals surface area contributed by atoms with Crippen molar-refractivity contribution in [3.63, 3.8) is 0 Å². The maximum absolute atomic E-state index is 12.7. The van der Waals surface area contributed by atoms with E-state index < -0.39 is 0 Å². The standard InChI is InChI=1S/C18H27N5O/c1-15(2)23-11-7-19-17(23)14-21-9-5-10-22(13-12-21)18(24)16-6-4-8-20(16)3/h4,6-8,11,15H,5,9-10,12-14H2,1-3H3. The first-order valence-electron chi connectivity index (χ1n) is 8.71. The maximum atomic E-state index is 12.7. The second-order valence-electron chi connectivity index (χ2n) is 6.77. The van der Waals surface area contributed by atoms with E-state index in [0.29, 0.717) is 6.04 Å². The van der Waals surface area contributed by atoms with Crippen LogP contribution in [0.1, 0.15) is 42.6 Å². The van der Waals surface area contributed by atoms with Crippen LogP contribution in [-0.2, 0) is 13.6 Å². The van der Waals surface area contributed by atoms with E-state index in [1.54, 1.807) is 0 Å². The van der Waals surface area contributed by atoms with Crippen LogP contribution in [0.25, 0.3) is 0 Å². The molecule has 2 aromatic rings. The minimum Gasteiger partial charge on any atom is -0.347 e. The van der Waals surface area contributed by atoms with Crippen molar-refractivity contribution < 1.29 is 4.79 Å². The zero-order chi connectivity index (χ0) is 17.1. The number of carbonyl (C=O) groups excluding carboxylic acids is 1. The first-order chi connectivity index (χ1) is 11.6. The van der Waals surface area contributed by atoms with Gasteiger partial charge in [0.1, 0.15) is 11.5 Å². The van der Waals surface area contributed by atoms with E-state index >= 15 is 0 Å². The molecule has 0 radical (unpaired) electrons. The second-order valence-corrected chi connectivity index (χ2v) is 6.77. The molecule has 0 aliphatic carbocycles. The first kappa shape index (κ1) is 16.8. The van der Waals surface area contributed by atoms with Gasteiger partial charge in [0, 0.05) is 57.9 Å². The summed E-state index contributed by atoms with van der Waals surface area (Å²) in [5.74, 6) is 1.24. The summed E-state index contributed by atoms with van der Waals surface area (Å²) in [6.07, 6.45) is 6.84. The summed E-state index contributed by atoms with van der Waals surface area (Å²) in [5.41, 5.74) is 0.763. The van der Waals surface area contributed by atoms with E-state index in [0.717, 1.165) is 50.7 Å². The van der Waals surface area contributed by atoms with Crippen molar-refractivity contribution in [1.82, 2.24) is 23.9 Å². The van der Waals surface area contributed by atoms with Crippen molar-refractivity contribution >= 4 is 5.91 Å². The first-order valence-corrected chi connectivity index (χ1v) is 8.71. The molecule has 1 fully saturated rings. The highest BCUT2D eigenvalue weighted by Gasteiger charge is 2.22. The van der Waals surface area contributed by atoms with Crippen LogP contribution < -0.4 is 0 Å². The van der Waals surface area contributed by atoms with Crippen LogP contribution >= 0.6 is 0 Å². The lowest BCUT2D eigenvalue weighted by Crippen LogP contribution is -2.36. The maximum Gasteiger partial charge on any atom is 0.270 e. The molecule has 130 valence electrons. The number of aryl methyl sites for hydroxylation is 1. The Hall–Kier alpha value is -2.08. The Kier molecular flexibility index (Phi) is 5.04. The molecule has 24 heavy (non-hydrogen) atoms. The molecule has 3 rings (SSSR count). The van der Waals surface area contributed by atoms with Gasteiger partial charge >= 0.3 is 0 Å². The average molecular weight is 329 g/mol. The number of imidazole rings is 1. The molecule has 1 saturated heterocycles. The van der Waals surface area contributed by atoms with E-state index in [1.165, 1.54) is 0 Å². The Balaban J connectivity index is 1.62. The predicted molar refractivity (Wildman–Crippen MR) is 93.8 cm³/mol. The molecule has 0 aromatic carbocycles. The van der Waals surface area contributed by atoms with Crippen LogP contribution in [0, 0.1) is 0 Å². The number of hydrogen-bond donors (Lipinski definition) is 0. The third-order valence-corrected chi connectivity index (χ3v) is 4.71. The minimum atomic E-state index is 0.132. The van der Waals surface area contributed by atoms with Gasteiger partial charge in [-0.1, -0.05) is 0 Å². The third kappa shape index (κ3) is 3.53. The molecule has 6 nitrogen and oxygen atoms in total. The largest absolute Gasteiger partial charge is 0.347 e. The summed E-state index contributed by atoms with van der Waals surface area (Å²) in [6.45, 7) is 8.67. The molecule has 0 atom stereocenters. The van der Waals surface area contributed by atoms with Crippen LogP contribution in [0.2, 0.25) is 0 Å². The molecule has 0 saturated carbocycles. The highest BCUT2D eigenvalue weighted by Crippen LogP contribution is 2.14. The van der Waals surface area contributed by atoms with Crippen molar-refractivity contribution in [2.75, 3.05) is 26.2 Å². The van der Waals surface area contributed by atoms with Crippen LogP contribution in [0.3, 0.4) is 0 Å². The fourth-order valence-electron chi connectivity index (χ4n) is 3.31. The number of rotatable bonds is 4. The normalized spacial score (nSPS) is 16.6. The molecule has 1 amide bonds. The van der Waals surface area contributed by atoms with Gasteiger partial charge in [-0.3, -0.25) is 9.69 Å². The second kappa shape index (κ2) is 7.21. The van der Waals surface area contributed by atoms with Gasteiger partial charge in [-0.05, 0) is 32.4 Å². The van der Waals surface area contributed by atoms with E-state index in [-0.39, 0.29) is 5.91 Å². The van der Waals surface area contributed by atoms with Crippen molar-refractivity contribution in [2.45, 2.75) is 32.9 Å². The van der Waals surface area contributed by atoms with Crippen molar-refractivity contribution in [1.29, 1.82) is 0 Å². The molecule has 3 heterocycles. The molecule has 2 aromatic heterocycles. The Morgan fingerprint density at radius 3 is 2.75 bits per heavy atom. The van der Waals surface area contributed by atoms with E-state index in [4.69, 9.17) is 0 Å². The molecule has 1 aliphatic heterocycles. The quantitative estimate of drug-likeness (QED) is 0.863. The SMILES string of the molecule is CC(C)n1ccnc1CN1CCCN(C(=O)c2cccn2C)CC1. The van der Waals surface area contributed by atoms with Crippen LogP contribution in [0.15, 0.2) is 30.7 Å². The molecule has 0 spiro atoms. The number of hydrogen-bond acceptors (Lipinski definition) is 3. The lowest BCUT2D eigenvalue weighted by Gasteiger charge is -2.22. The smallest absolute Gasteiger partial charge is 0.270 e. The molecule has 6 heteroatoms. The highest BCUT2D eigenvalue weighted by molar-refractivity contribution is 5.92. The van der Waals surface area contributed by atoms with Gasteiger partial charge in [-0.2, -0.15) is 0 Å². The summed E-state index contributed by atoms with van der Waals surface area (Å²) < 4.78 is 4.11. The van der Waals surface area contributed by atoms with E-state index in [9.17, 15) is 4.79 Å². The Morgan fingerprint density at radius 2 is 2.04 bits per heavy atom. The summed E-state index contributed by atoms with van der Waals surface area (Å²) in [5, 5.41) is 0. The van der Waals surface area contributed by atoms with E-state index in [1.807, 2.05) is 47.2 Å². The fraction of sp³-hybridized carbons (Fsp3) is 0.556. The number of carbonyl (C=O) groups is 1. The molecular weight excluding hydrogens is 302 g/mol. The van der Waals surface area contributed by atoms with Gasteiger partial charge in [0.05, 0.1) is 6.54 Å². The van der Waals surface area contributed by atoms with Crippen LogP contribution in [0.4, 0.5) is 0 Å². The van der Waals surface area contributed by atoms with Gasteiger partial charge < -0.3 is 14.0 Å². The van der Waals surface area contributed by atoms with Gasteiger partial charge in [-0.25, -0.2) is 4.98 Å².